The molecule has 1 aliphatic heterocycles. The van der Waals surface area contributed by atoms with Crippen molar-refractivity contribution >= 4 is 60.1 Å². The Morgan fingerprint density at radius 1 is 1.09 bits per heavy atom. The molecule has 2 heterocycles. The van der Waals surface area contributed by atoms with Crippen molar-refractivity contribution in [2.24, 2.45) is 0 Å². The van der Waals surface area contributed by atoms with Crippen molar-refractivity contribution in [3.63, 3.8) is 0 Å². The van der Waals surface area contributed by atoms with Crippen molar-refractivity contribution in [1.82, 2.24) is 4.98 Å². The number of hydrogen-bond acceptors (Lipinski definition) is 6. The molecule has 1 aliphatic rings. The van der Waals surface area contributed by atoms with Crippen LogP contribution < -0.4 is 9.64 Å². The number of halogens is 1. The lowest BCUT2D eigenvalue weighted by Gasteiger charge is -2.23. The molecule has 1 N–H and O–H groups in total. The minimum absolute atomic E-state index is 0.0350. The molecule has 1 fully saturated rings. The number of carbonyl (C=O) groups is 2. The Balaban J connectivity index is 1.69. The number of hydrogen-bond donors (Lipinski definition) is 1. The molecule has 0 aliphatic carbocycles. The average molecular weight is 535 g/mol. The minimum atomic E-state index is -0.819. The number of Topliss-reactive ketones (excluding diaryl/α,β-unsaturated/α-hetero) is 1. The van der Waals surface area contributed by atoms with Gasteiger partial charge in [0.15, 0.2) is 5.13 Å². The number of rotatable bonds is 5. The molecule has 34 heavy (non-hydrogen) atoms. The van der Waals surface area contributed by atoms with Crippen molar-refractivity contribution in [3.05, 3.63) is 94.0 Å². The number of benzene rings is 3. The van der Waals surface area contributed by atoms with E-state index >= 15 is 0 Å². The fourth-order valence-corrected chi connectivity index (χ4v) is 5.28. The summed E-state index contributed by atoms with van der Waals surface area (Å²) >= 11 is 4.73. The first kappa shape index (κ1) is 22.3. The second kappa shape index (κ2) is 9.04. The van der Waals surface area contributed by atoms with Crippen LogP contribution in [0.15, 0.2) is 82.8 Å². The highest BCUT2D eigenvalue weighted by Crippen LogP contribution is 2.44. The van der Waals surface area contributed by atoms with Crippen molar-refractivity contribution in [2.45, 2.75) is 13.0 Å². The molecule has 0 spiro atoms. The number of carbonyl (C=O) groups excluding carboxylic acids is 2. The Morgan fingerprint density at radius 2 is 1.82 bits per heavy atom. The first-order valence-electron chi connectivity index (χ1n) is 10.6. The van der Waals surface area contributed by atoms with E-state index in [1.165, 1.54) is 16.2 Å². The highest BCUT2D eigenvalue weighted by molar-refractivity contribution is 9.10. The lowest BCUT2D eigenvalue weighted by molar-refractivity contribution is -0.132. The summed E-state index contributed by atoms with van der Waals surface area (Å²) < 4.78 is 7.28. The van der Waals surface area contributed by atoms with Crippen LogP contribution in [-0.2, 0) is 9.59 Å². The van der Waals surface area contributed by atoms with Crippen molar-refractivity contribution in [1.29, 1.82) is 0 Å². The van der Waals surface area contributed by atoms with Crippen molar-refractivity contribution < 1.29 is 19.4 Å². The zero-order valence-corrected chi connectivity index (χ0v) is 20.5. The second-order valence-corrected chi connectivity index (χ2v) is 9.57. The third kappa shape index (κ3) is 3.89. The number of aliphatic hydroxyl groups is 1. The first-order valence-corrected chi connectivity index (χ1v) is 12.2. The summed E-state index contributed by atoms with van der Waals surface area (Å²) in [7, 11) is 0. The largest absolute Gasteiger partial charge is 0.507 e. The van der Waals surface area contributed by atoms with Gasteiger partial charge in [0.1, 0.15) is 11.5 Å². The molecule has 170 valence electrons. The third-order valence-electron chi connectivity index (χ3n) is 5.54. The summed E-state index contributed by atoms with van der Waals surface area (Å²) in [6.45, 7) is 2.45. The van der Waals surface area contributed by atoms with Crippen LogP contribution in [0, 0.1) is 0 Å². The van der Waals surface area contributed by atoms with E-state index < -0.39 is 17.7 Å². The summed E-state index contributed by atoms with van der Waals surface area (Å²) in [5, 5.41) is 11.5. The van der Waals surface area contributed by atoms with Crippen LogP contribution in [0.25, 0.3) is 16.0 Å². The topological polar surface area (TPSA) is 79.7 Å². The van der Waals surface area contributed by atoms with Gasteiger partial charge in [-0.05, 0) is 42.8 Å². The molecule has 1 aromatic heterocycles. The smallest absolute Gasteiger partial charge is 0.301 e. The molecule has 6 nitrogen and oxygen atoms in total. The van der Waals surface area contributed by atoms with Crippen LogP contribution in [0.5, 0.6) is 5.75 Å². The third-order valence-corrected chi connectivity index (χ3v) is 7.09. The number of anilines is 1. The Hall–Kier alpha value is -3.49. The molecule has 4 aromatic rings. The van der Waals surface area contributed by atoms with E-state index in [-0.39, 0.29) is 11.3 Å². The Morgan fingerprint density at radius 3 is 2.53 bits per heavy atom. The maximum absolute atomic E-state index is 13.3. The van der Waals surface area contributed by atoms with Gasteiger partial charge in [0.05, 0.1) is 28.4 Å². The van der Waals surface area contributed by atoms with Crippen LogP contribution in [0.3, 0.4) is 0 Å². The van der Waals surface area contributed by atoms with Crippen LogP contribution in [0.1, 0.15) is 24.1 Å². The fourth-order valence-electron chi connectivity index (χ4n) is 3.99. The van der Waals surface area contributed by atoms with Gasteiger partial charge in [-0.25, -0.2) is 4.98 Å². The van der Waals surface area contributed by atoms with E-state index in [0.29, 0.717) is 34.1 Å². The van der Waals surface area contributed by atoms with Crippen molar-refractivity contribution in [3.8, 4) is 5.75 Å². The van der Waals surface area contributed by atoms with E-state index in [1.54, 1.807) is 24.3 Å². The van der Waals surface area contributed by atoms with Crippen LogP contribution in [0.4, 0.5) is 5.13 Å². The molecule has 8 heteroatoms. The molecule has 3 aromatic carbocycles. The van der Waals surface area contributed by atoms with Crippen LogP contribution in [0.2, 0.25) is 0 Å². The van der Waals surface area contributed by atoms with E-state index in [9.17, 15) is 14.7 Å². The molecule has 0 bridgehead atoms. The number of amides is 1. The Kier molecular flexibility index (Phi) is 5.93. The molecule has 1 atom stereocenters. The number of fused-ring (bicyclic) bond motifs is 1. The molecule has 0 saturated carbocycles. The van der Waals surface area contributed by atoms with Gasteiger partial charge in [-0.2, -0.15) is 0 Å². The van der Waals surface area contributed by atoms with Gasteiger partial charge >= 0.3 is 5.91 Å². The summed E-state index contributed by atoms with van der Waals surface area (Å²) in [4.78, 5) is 32.6. The van der Waals surface area contributed by atoms with Gasteiger partial charge in [0.25, 0.3) is 5.78 Å². The van der Waals surface area contributed by atoms with E-state index in [2.05, 4.69) is 20.9 Å². The lowest BCUT2D eigenvalue weighted by atomic mass is 9.95. The second-order valence-electron chi connectivity index (χ2n) is 7.65. The molecule has 5 rings (SSSR count). The molecular weight excluding hydrogens is 516 g/mol. The monoisotopic (exact) mass is 534 g/mol. The number of thiazole rings is 1. The molecular formula is C26H19BrN2O4S. The standard InChI is InChI=1S/C26H19BrN2O4S/c1-2-33-18-12-13-19-20(14-18)34-26(28-19)29-22(15-8-10-17(27)11-9-15)21(24(31)25(29)32)23(30)16-6-4-3-5-7-16/h3-14,22,30H,2H2,1H3/b23-21+/t22-/m0/s1. The fraction of sp³-hybridized carbons (Fsp3) is 0.115. The normalized spacial score (nSPS) is 17.5. The highest BCUT2D eigenvalue weighted by Gasteiger charge is 2.48. The number of aromatic nitrogens is 1. The molecule has 0 unspecified atom stereocenters. The van der Waals surface area contributed by atoms with E-state index in [0.717, 1.165) is 9.17 Å². The van der Waals surface area contributed by atoms with E-state index in [1.807, 2.05) is 55.5 Å². The maximum Gasteiger partial charge on any atom is 0.301 e. The predicted octanol–water partition coefficient (Wildman–Crippen LogP) is 6.08. The Labute approximate surface area is 208 Å². The molecule has 0 radical (unpaired) electrons. The van der Waals surface area contributed by atoms with E-state index in [4.69, 9.17) is 4.74 Å². The number of ether oxygens (including phenoxy) is 1. The summed E-state index contributed by atoms with van der Waals surface area (Å²) in [6, 6.07) is 20.8. The summed E-state index contributed by atoms with van der Waals surface area (Å²) in [5.41, 5.74) is 1.89. The maximum atomic E-state index is 13.3. The zero-order chi connectivity index (χ0) is 23.8. The predicted molar refractivity (Wildman–Crippen MR) is 136 cm³/mol. The SMILES string of the molecule is CCOc1ccc2nc(N3C(=O)C(=O)/C(=C(/O)c4ccccc4)[C@@H]3c3ccc(Br)cc3)sc2c1. The summed E-state index contributed by atoms with van der Waals surface area (Å²) in [6.07, 6.45) is 0. The lowest BCUT2D eigenvalue weighted by Crippen LogP contribution is -2.29. The highest BCUT2D eigenvalue weighted by atomic mass is 79.9. The van der Waals surface area contributed by atoms with Gasteiger partial charge in [0, 0.05) is 10.0 Å². The van der Waals surface area contributed by atoms with Crippen molar-refractivity contribution in [2.75, 3.05) is 11.5 Å². The van der Waals surface area contributed by atoms with Crippen LogP contribution >= 0.6 is 27.3 Å². The van der Waals surface area contributed by atoms with Gasteiger partial charge < -0.3 is 9.84 Å². The average Bonchev–Trinajstić information content (AvgIpc) is 3.38. The van der Waals surface area contributed by atoms with Gasteiger partial charge in [-0.1, -0.05) is 69.7 Å². The Bertz CT molecular complexity index is 1430. The minimum Gasteiger partial charge on any atom is -0.507 e. The van der Waals surface area contributed by atoms with Gasteiger partial charge in [0.2, 0.25) is 0 Å². The summed E-state index contributed by atoms with van der Waals surface area (Å²) in [5.74, 6) is -0.979. The molecule has 1 amide bonds. The number of nitrogens with zero attached hydrogens (tertiary/aromatic N) is 2. The number of aliphatic hydroxyl groups excluding tert-OH is 1. The zero-order valence-electron chi connectivity index (χ0n) is 18.1. The van der Waals surface area contributed by atoms with Gasteiger partial charge in [-0.3, -0.25) is 14.5 Å². The number of ketones is 1. The van der Waals surface area contributed by atoms with Crippen LogP contribution in [-0.4, -0.2) is 28.4 Å². The van der Waals surface area contributed by atoms with Gasteiger partial charge in [-0.15, -0.1) is 0 Å². The first-order chi connectivity index (χ1) is 16.5. The molecule has 1 saturated heterocycles. The quantitative estimate of drug-likeness (QED) is 0.190.